The summed E-state index contributed by atoms with van der Waals surface area (Å²) in [4.78, 5) is 15.7. The average molecular weight is 244 g/mol. The van der Waals surface area contributed by atoms with Crippen LogP contribution in [0.5, 0.6) is 5.75 Å². The number of nitrogens with zero attached hydrogens (tertiary/aromatic N) is 2. The SMILES string of the molecule is COC(=O)c1cncn1[C@@H]1COc2ccccc21. The van der Waals surface area contributed by atoms with Crippen LogP contribution in [0.1, 0.15) is 22.1 Å². The van der Waals surface area contributed by atoms with Crippen molar-refractivity contribution in [1.82, 2.24) is 9.55 Å². The summed E-state index contributed by atoms with van der Waals surface area (Å²) < 4.78 is 12.1. The van der Waals surface area contributed by atoms with E-state index in [1.807, 2.05) is 24.3 Å². The quantitative estimate of drug-likeness (QED) is 0.754. The van der Waals surface area contributed by atoms with Gasteiger partial charge in [0.15, 0.2) is 0 Å². The summed E-state index contributed by atoms with van der Waals surface area (Å²) >= 11 is 0. The number of rotatable bonds is 2. The van der Waals surface area contributed by atoms with Gasteiger partial charge in [0, 0.05) is 5.56 Å². The number of benzene rings is 1. The molecular formula is C13H12N2O3. The number of imidazole rings is 1. The van der Waals surface area contributed by atoms with Crippen LogP contribution < -0.4 is 4.74 Å². The molecule has 5 nitrogen and oxygen atoms in total. The van der Waals surface area contributed by atoms with E-state index in [0.717, 1.165) is 11.3 Å². The predicted molar refractivity (Wildman–Crippen MR) is 63.6 cm³/mol. The second kappa shape index (κ2) is 4.18. The van der Waals surface area contributed by atoms with E-state index in [-0.39, 0.29) is 6.04 Å². The number of hydrogen-bond acceptors (Lipinski definition) is 4. The Kier molecular flexibility index (Phi) is 2.51. The van der Waals surface area contributed by atoms with Gasteiger partial charge in [0.25, 0.3) is 0 Å². The number of ether oxygens (including phenoxy) is 2. The number of fused-ring (bicyclic) bond motifs is 1. The molecule has 0 spiro atoms. The second-order valence-corrected chi connectivity index (χ2v) is 4.04. The van der Waals surface area contributed by atoms with Crippen molar-refractivity contribution in [1.29, 1.82) is 0 Å². The number of para-hydroxylation sites is 1. The molecule has 3 rings (SSSR count). The summed E-state index contributed by atoms with van der Waals surface area (Å²) in [5.41, 5.74) is 1.49. The minimum absolute atomic E-state index is 0.0298. The number of carbonyl (C=O) groups excluding carboxylic acids is 1. The monoisotopic (exact) mass is 244 g/mol. The van der Waals surface area contributed by atoms with Crippen molar-refractivity contribution >= 4 is 5.97 Å². The molecule has 0 radical (unpaired) electrons. The Morgan fingerprint density at radius 3 is 3.17 bits per heavy atom. The number of aromatic nitrogens is 2. The van der Waals surface area contributed by atoms with Gasteiger partial charge in [-0.05, 0) is 6.07 Å². The molecule has 0 amide bonds. The Hall–Kier alpha value is -2.30. The number of carbonyl (C=O) groups is 1. The molecular weight excluding hydrogens is 232 g/mol. The highest BCUT2D eigenvalue weighted by molar-refractivity contribution is 5.87. The highest BCUT2D eigenvalue weighted by Crippen LogP contribution is 2.35. The van der Waals surface area contributed by atoms with Crippen LogP contribution in [0.25, 0.3) is 0 Å². The molecule has 0 saturated carbocycles. The standard InChI is InChI=1S/C13H12N2O3/c1-17-13(16)10-6-14-8-15(10)11-7-18-12-5-3-2-4-9(11)12/h2-6,8,11H,7H2,1H3/t11-/m1/s1. The Balaban J connectivity index is 2.03. The van der Waals surface area contributed by atoms with Crippen LogP contribution in [0.4, 0.5) is 0 Å². The number of methoxy groups -OCH3 is 1. The molecule has 2 heterocycles. The number of esters is 1. The van der Waals surface area contributed by atoms with Crippen molar-refractivity contribution in [3.63, 3.8) is 0 Å². The lowest BCUT2D eigenvalue weighted by atomic mass is 10.1. The maximum Gasteiger partial charge on any atom is 0.356 e. The van der Waals surface area contributed by atoms with Gasteiger partial charge in [-0.3, -0.25) is 0 Å². The fourth-order valence-electron chi connectivity index (χ4n) is 2.19. The van der Waals surface area contributed by atoms with Crippen LogP contribution in [0.3, 0.4) is 0 Å². The first kappa shape index (κ1) is 10.8. The maximum atomic E-state index is 11.6. The van der Waals surface area contributed by atoms with Gasteiger partial charge in [-0.2, -0.15) is 0 Å². The highest BCUT2D eigenvalue weighted by atomic mass is 16.5. The van der Waals surface area contributed by atoms with Crippen molar-refractivity contribution in [2.24, 2.45) is 0 Å². The third-order valence-electron chi connectivity index (χ3n) is 3.07. The Morgan fingerprint density at radius 1 is 1.50 bits per heavy atom. The van der Waals surface area contributed by atoms with Crippen molar-refractivity contribution in [2.75, 3.05) is 13.7 Å². The lowest BCUT2D eigenvalue weighted by Gasteiger charge is -2.13. The van der Waals surface area contributed by atoms with Gasteiger partial charge in [-0.15, -0.1) is 0 Å². The molecule has 1 aromatic heterocycles. The zero-order valence-electron chi connectivity index (χ0n) is 9.87. The summed E-state index contributed by atoms with van der Waals surface area (Å²) in [5.74, 6) is 0.462. The minimum atomic E-state index is -0.392. The smallest absolute Gasteiger partial charge is 0.356 e. The van der Waals surface area contributed by atoms with Crippen molar-refractivity contribution in [3.8, 4) is 5.75 Å². The summed E-state index contributed by atoms with van der Waals surface area (Å²) in [6.45, 7) is 0.500. The van der Waals surface area contributed by atoms with Crippen molar-refractivity contribution in [3.05, 3.63) is 48.0 Å². The van der Waals surface area contributed by atoms with E-state index in [2.05, 4.69) is 4.98 Å². The van der Waals surface area contributed by atoms with Gasteiger partial charge < -0.3 is 14.0 Å². The zero-order chi connectivity index (χ0) is 12.5. The number of hydrogen-bond donors (Lipinski definition) is 0. The molecule has 1 aromatic carbocycles. The molecule has 2 aromatic rings. The first-order valence-corrected chi connectivity index (χ1v) is 5.63. The van der Waals surface area contributed by atoms with Crippen LogP contribution in [0.15, 0.2) is 36.8 Å². The molecule has 18 heavy (non-hydrogen) atoms. The molecule has 0 unspecified atom stereocenters. The third kappa shape index (κ3) is 1.55. The lowest BCUT2D eigenvalue weighted by Crippen LogP contribution is -2.17. The summed E-state index contributed by atoms with van der Waals surface area (Å²) in [5, 5.41) is 0. The van der Waals surface area contributed by atoms with Crippen molar-refractivity contribution in [2.45, 2.75) is 6.04 Å². The van der Waals surface area contributed by atoms with Crippen LogP contribution >= 0.6 is 0 Å². The van der Waals surface area contributed by atoms with E-state index >= 15 is 0 Å². The van der Waals surface area contributed by atoms with E-state index < -0.39 is 5.97 Å². The van der Waals surface area contributed by atoms with E-state index in [1.54, 1.807) is 10.9 Å². The van der Waals surface area contributed by atoms with Crippen LogP contribution in [0, 0.1) is 0 Å². The predicted octanol–water partition coefficient (Wildman–Crippen LogP) is 1.65. The Morgan fingerprint density at radius 2 is 2.33 bits per heavy atom. The zero-order valence-corrected chi connectivity index (χ0v) is 9.87. The summed E-state index contributed by atoms with van der Waals surface area (Å²) in [6, 6.07) is 7.77. The fraction of sp³-hybridized carbons (Fsp3) is 0.231. The minimum Gasteiger partial charge on any atom is -0.491 e. The fourth-order valence-corrected chi connectivity index (χ4v) is 2.19. The summed E-state index contributed by atoms with van der Waals surface area (Å²) in [6.07, 6.45) is 3.13. The summed E-state index contributed by atoms with van der Waals surface area (Å²) in [7, 11) is 1.36. The average Bonchev–Trinajstić information content (AvgIpc) is 3.03. The van der Waals surface area contributed by atoms with Gasteiger partial charge in [0.2, 0.25) is 0 Å². The molecule has 1 aliphatic heterocycles. The molecule has 1 atom stereocenters. The molecule has 1 aliphatic rings. The largest absolute Gasteiger partial charge is 0.491 e. The maximum absolute atomic E-state index is 11.6. The molecule has 0 fully saturated rings. The van der Waals surface area contributed by atoms with Gasteiger partial charge >= 0.3 is 5.97 Å². The molecule has 0 bridgehead atoms. The van der Waals surface area contributed by atoms with E-state index in [9.17, 15) is 4.79 Å². The van der Waals surface area contributed by atoms with Crippen LogP contribution in [-0.4, -0.2) is 29.2 Å². The van der Waals surface area contributed by atoms with E-state index in [1.165, 1.54) is 13.3 Å². The second-order valence-electron chi connectivity index (χ2n) is 4.04. The molecule has 5 heteroatoms. The van der Waals surface area contributed by atoms with Crippen LogP contribution in [-0.2, 0) is 4.74 Å². The van der Waals surface area contributed by atoms with Gasteiger partial charge in [-0.25, -0.2) is 9.78 Å². The Labute approximate surface area is 104 Å². The molecule has 0 saturated heterocycles. The van der Waals surface area contributed by atoms with Gasteiger partial charge in [-0.1, -0.05) is 18.2 Å². The normalized spacial score (nSPS) is 17.1. The van der Waals surface area contributed by atoms with Crippen LogP contribution in [0.2, 0.25) is 0 Å². The lowest BCUT2D eigenvalue weighted by molar-refractivity contribution is 0.0586. The van der Waals surface area contributed by atoms with Crippen molar-refractivity contribution < 1.29 is 14.3 Å². The first-order chi connectivity index (χ1) is 8.81. The molecule has 0 N–H and O–H groups in total. The van der Waals surface area contributed by atoms with E-state index in [0.29, 0.717) is 12.3 Å². The Bertz CT molecular complexity index is 591. The molecule has 0 aliphatic carbocycles. The first-order valence-electron chi connectivity index (χ1n) is 5.63. The van der Waals surface area contributed by atoms with Gasteiger partial charge in [0.1, 0.15) is 18.1 Å². The molecule has 92 valence electrons. The van der Waals surface area contributed by atoms with Gasteiger partial charge in [0.05, 0.1) is 25.7 Å². The highest BCUT2D eigenvalue weighted by Gasteiger charge is 2.28. The topological polar surface area (TPSA) is 53.3 Å². The third-order valence-corrected chi connectivity index (χ3v) is 3.07. The van der Waals surface area contributed by atoms with E-state index in [4.69, 9.17) is 9.47 Å².